The molecule has 0 radical (unpaired) electrons. The van der Waals surface area contributed by atoms with Crippen LogP contribution in [0.3, 0.4) is 0 Å². The first-order valence-electron chi connectivity index (χ1n) is 16.3. The lowest BCUT2D eigenvalue weighted by molar-refractivity contribution is -0.131. The summed E-state index contributed by atoms with van der Waals surface area (Å²) < 4.78 is 20.1. The molecule has 0 bridgehead atoms. The molecule has 2 aromatic rings. The van der Waals surface area contributed by atoms with Crippen LogP contribution in [0.15, 0.2) is 36.7 Å². The number of rotatable bonds is 10. The van der Waals surface area contributed by atoms with Crippen molar-refractivity contribution < 1.29 is 13.9 Å². The van der Waals surface area contributed by atoms with Crippen molar-refractivity contribution >= 4 is 32.6 Å². The Balaban J connectivity index is 0.00000226. The predicted molar refractivity (Wildman–Crippen MR) is 181 cm³/mol. The summed E-state index contributed by atoms with van der Waals surface area (Å²) in [5.74, 6) is -0.568. The number of carbonyl (C=O) groups excluding carboxylic acids is 1. The molecule has 2 fully saturated rings. The number of aromatic nitrogens is 2. The number of amides is 1. The number of nitrogens with zero attached hydrogens (tertiary/aromatic N) is 6. The van der Waals surface area contributed by atoms with Gasteiger partial charge in [-0.1, -0.05) is 57.2 Å². The van der Waals surface area contributed by atoms with Gasteiger partial charge in [0.2, 0.25) is 0 Å². The molecule has 11 heteroatoms. The zero-order valence-electron chi connectivity index (χ0n) is 26.9. The number of fused-ring (bicyclic) bond motifs is 1. The van der Waals surface area contributed by atoms with Gasteiger partial charge in [-0.3, -0.25) is 9.69 Å². The summed E-state index contributed by atoms with van der Waals surface area (Å²) >= 11 is 6.46. The van der Waals surface area contributed by atoms with Crippen LogP contribution in [0.25, 0.3) is 0 Å². The largest absolute Gasteiger partial charge is 0.462 e. The highest BCUT2D eigenvalue weighted by Gasteiger charge is 2.37. The molecule has 3 aliphatic rings. The molecule has 1 aromatic heterocycles. The third-order valence-corrected chi connectivity index (χ3v) is 10.5. The summed E-state index contributed by atoms with van der Waals surface area (Å²) in [5, 5.41) is 10.3. The average Bonchev–Trinajstić information content (AvgIpc) is 3.52. The predicted octanol–water partition coefficient (Wildman–Crippen LogP) is 6.54. The Morgan fingerprint density at radius 1 is 1.20 bits per heavy atom. The Labute approximate surface area is 275 Å². The zero-order chi connectivity index (χ0) is 32.5. The molecule has 1 aliphatic carbocycles. The van der Waals surface area contributed by atoms with Crippen molar-refractivity contribution in [1.29, 1.82) is 5.26 Å². The number of nitriles is 1. The highest BCUT2D eigenvalue weighted by Crippen LogP contribution is 2.45. The molecule has 0 saturated carbocycles. The van der Waals surface area contributed by atoms with E-state index in [-0.39, 0.29) is 18.6 Å². The number of carbonyl (C=O) groups is 1. The fourth-order valence-corrected chi connectivity index (χ4v) is 7.72. The van der Waals surface area contributed by atoms with E-state index >= 15 is 0 Å². The Morgan fingerprint density at radius 2 is 1.98 bits per heavy atom. The van der Waals surface area contributed by atoms with Crippen molar-refractivity contribution in [3.63, 3.8) is 0 Å². The number of hydrogen-bond acceptors (Lipinski definition) is 7. The van der Waals surface area contributed by atoms with Crippen LogP contribution >= 0.6 is 20.8 Å². The zero-order valence-corrected chi connectivity index (χ0v) is 28.8. The molecule has 8 nitrogen and oxygen atoms in total. The molecule has 2 saturated heterocycles. The summed E-state index contributed by atoms with van der Waals surface area (Å²) in [6.07, 6.45) is 6.03. The van der Waals surface area contributed by atoms with Crippen molar-refractivity contribution in [2.24, 2.45) is 5.92 Å². The van der Waals surface area contributed by atoms with Crippen molar-refractivity contribution in [2.75, 3.05) is 44.2 Å². The van der Waals surface area contributed by atoms with Gasteiger partial charge in [0.15, 0.2) is 5.83 Å². The van der Waals surface area contributed by atoms with E-state index in [4.69, 9.17) is 26.3 Å². The standard InChI is InChI=1S/C32H41ClFN6O2P.C2H6/c1-3-38-16-6-8-25(38)20-42-32-36-28-26(13-12-23(29(28)43)11-10-22-7-4-5-9-27(22)33)30(37-32)39-17-18-40(31(41)21(2)34)24(19-39)14-15-35;1-2/h4-5,7,9,23-25,29H,2-3,6,8,10-14,16-20,43H2,1H3;1-2H3. The summed E-state index contributed by atoms with van der Waals surface area (Å²) in [4.78, 5) is 28.4. The molecule has 2 aliphatic heterocycles. The Bertz CT molecular complexity index is 1370. The summed E-state index contributed by atoms with van der Waals surface area (Å²) in [6, 6.07) is 10.4. The van der Waals surface area contributed by atoms with E-state index in [9.17, 15) is 14.4 Å². The molecule has 0 spiro atoms. The van der Waals surface area contributed by atoms with Crippen molar-refractivity contribution in [1.82, 2.24) is 19.8 Å². The second-order valence-corrected chi connectivity index (χ2v) is 12.9. The van der Waals surface area contributed by atoms with Crippen LogP contribution in [-0.2, 0) is 17.6 Å². The third-order valence-electron chi connectivity index (χ3n) is 9.24. The SMILES string of the molecule is C=C(F)C(=O)N1CCN(c2nc(OCC3CCCN3CC)nc3c2CCC(CCc2ccccc2Cl)C3P)CC1CC#N.CC. The Morgan fingerprint density at radius 3 is 2.69 bits per heavy atom. The number of piperazine rings is 1. The second-order valence-electron chi connectivity index (χ2n) is 11.7. The van der Waals surface area contributed by atoms with Gasteiger partial charge in [0, 0.05) is 41.9 Å². The fraction of sp³-hybridized carbons (Fsp3) is 0.588. The first-order chi connectivity index (χ1) is 21.8. The van der Waals surface area contributed by atoms with E-state index in [2.05, 4.69) is 44.7 Å². The average molecular weight is 657 g/mol. The highest BCUT2D eigenvalue weighted by atomic mass is 35.5. The van der Waals surface area contributed by atoms with Crippen LogP contribution in [0.4, 0.5) is 10.2 Å². The Hall–Kier alpha value is -2.79. The first kappa shape index (κ1) is 35.1. The van der Waals surface area contributed by atoms with Crippen molar-refractivity contribution in [3.8, 4) is 12.1 Å². The van der Waals surface area contributed by atoms with Crippen LogP contribution in [-0.4, -0.2) is 77.1 Å². The van der Waals surface area contributed by atoms with E-state index in [1.54, 1.807) is 0 Å². The maximum atomic E-state index is 13.8. The molecule has 5 rings (SSSR count). The van der Waals surface area contributed by atoms with Crippen molar-refractivity contribution in [3.05, 3.63) is 58.5 Å². The second kappa shape index (κ2) is 16.7. The van der Waals surface area contributed by atoms with Gasteiger partial charge in [-0.15, -0.1) is 9.24 Å². The van der Waals surface area contributed by atoms with Gasteiger partial charge in [0.1, 0.15) is 12.4 Å². The minimum atomic E-state index is -1.01. The van der Waals surface area contributed by atoms with Crippen LogP contribution in [0.5, 0.6) is 6.01 Å². The summed E-state index contributed by atoms with van der Waals surface area (Å²) in [6.45, 7) is 13.1. The maximum absolute atomic E-state index is 13.8. The number of halogens is 2. The lowest BCUT2D eigenvalue weighted by atomic mass is 9.82. The summed E-state index contributed by atoms with van der Waals surface area (Å²) in [5.41, 5.74) is 3.33. The van der Waals surface area contributed by atoms with Gasteiger partial charge in [-0.2, -0.15) is 15.2 Å². The van der Waals surface area contributed by atoms with Gasteiger partial charge in [-0.05, 0) is 69.2 Å². The lowest BCUT2D eigenvalue weighted by Crippen LogP contribution is -2.55. The minimum absolute atomic E-state index is 0.0943. The third kappa shape index (κ3) is 8.33. The normalized spacial score (nSPS) is 23.0. The van der Waals surface area contributed by atoms with Gasteiger partial charge >= 0.3 is 6.01 Å². The lowest BCUT2D eigenvalue weighted by Gasteiger charge is -2.42. The van der Waals surface area contributed by atoms with E-state index < -0.39 is 17.8 Å². The van der Waals surface area contributed by atoms with E-state index in [1.165, 1.54) is 4.90 Å². The quantitative estimate of drug-likeness (QED) is 0.212. The molecule has 3 heterocycles. The van der Waals surface area contributed by atoms with E-state index in [1.807, 2.05) is 32.0 Å². The molecular weight excluding hydrogens is 610 g/mol. The monoisotopic (exact) mass is 656 g/mol. The van der Waals surface area contributed by atoms with Gasteiger partial charge in [0.25, 0.3) is 5.91 Å². The van der Waals surface area contributed by atoms with Gasteiger partial charge < -0.3 is 14.5 Å². The number of hydrogen-bond donors (Lipinski definition) is 0. The minimum Gasteiger partial charge on any atom is -0.462 e. The van der Waals surface area contributed by atoms with E-state index in [0.29, 0.717) is 37.7 Å². The smallest absolute Gasteiger partial charge is 0.318 e. The molecule has 45 heavy (non-hydrogen) atoms. The maximum Gasteiger partial charge on any atom is 0.318 e. The van der Waals surface area contributed by atoms with E-state index in [0.717, 1.165) is 79.3 Å². The van der Waals surface area contributed by atoms with Gasteiger partial charge in [-0.25, -0.2) is 4.39 Å². The highest BCUT2D eigenvalue weighted by molar-refractivity contribution is 7.17. The summed E-state index contributed by atoms with van der Waals surface area (Å²) in [7, 11) is 3.03. The van der Waals surface area contributed by atoms with Crippen molar-refractivity contribution in [2.45, 2.75) is 83.5 Å². The van der Waals surface area contributed by atoms with Crippen LogP contribution in [0.2, 0.25) is 5.02 Å². The molecule has 5 atom stereocenters. The molecule has 1 aromatic carbocycles. The first-order valence-corrected chi connectivity index (χ1v) is 17.4. The number of benzene rings is 1. The van der Waals surface area contributed by atoms with Gasteiger partial charge in [0.05, 0.1) is 24.2 Å². The molecule has 244 valence electrons. The fourth-order valence-electron chi connectivity index (χ4n) is 6.83. The van der Waals surface area contributed by atoms with Crippen LogP contribution in [0, 0.1) is 17.2 Å². The van der Waals surface area contributed by atoms with Crippen LogP contribution in [0.1, 0.15) is 75.4 Å². The molecule has 5 unspecified atom stereocenters. The van der Waals surface area contributed by atoms with Crippen LogP contribution < -0.4 is 9.64 Å². The topological polar surface area (TPSA) is 85.6 Å². The number of likely N-dealkylation sites (tertiary alicyclic amines) is 1. The Kier molecular flexibility index (Phi) is 13.0. The number of anilines is 1. The number of ether oxygens (including phenoxy) is 1. The number of aryl methyl sites for hydroxylation is 1. The molecular formula is C34H47ClFN6O2P. The molecule has 1 amide bonds. The number of likely N-dealkylation sites (N-methyl/N-ethyl adjacent to an activating group) is 1. The molecule has 0 N–H and O–H groups in total.